The molecular formula is C9H4F3NO. The smallest absolute Gasteiger partial charge is 0.298 e. The number of rotatable bonds is 1. The molecule has 0 bridgehead atoms. The van der Waals surface area contributed by atoms with E-state index < -0.39 is 17.3 Å². The van der Waals surface area contributed by atoms with Gasteiger partial charge in [-0.3, -0.25) is 4.79 Å². The van der Waals surface area contributed by atoms with E-state index in [-0.39, 0.29) is 5.56 Å². The van der Waals surface area contributed by atoms with Gasteiger partial charge in [0, 0.05) is 5.56 Å². The summed E-state index contributed by atoms with van der Waals surface area (Å²) in [6.45, 7) is 0. The Hall–Kier alpha value is -1.83. The van der Waals surface area contributed by atoms with E-state index in [4.69, 9.17) is 5.26 Å². The third-order valence-corrected chi connectivity index (χ3v) is 1.61. The monoisotopic (exact) mass is 199 g/mol. The van der Waals surface area contributed by atoms with Gasteiger partial charge >= 0.3 is 6.18 Å². The molecule has 2 nitrogen and oxygen atoms in total. The van der Waals surface area contributed by atoms with Crippen LogP contribution in [0.25, 0.3) is 0 Å². The fourth-order valence-electron chi connectivity index (χ4n) is 0.967. The highest BCUT2D eigenvalue weighted by Gasteiger charge is 2.33. The molecule has 0 aliphatic heterocycles. The Morgan fingerprint density at radius 2 is 2.00 bits per heavy atom. The number of alkyl halides is 3. The maximum Gasteiger partial charge on any atom is 0.417 e. The van der Waals surface area contributed by atoms with Crippen molar-refractivity contribution in [3.05, 3.63) is 34.9 Å². The molecule has 0 aliphatic carbocycles. The molecule has 0 amide bonds. The molecule has 1 aromatic carbocycles. The van der Waals surface area contributed by atoms with Gasteiger partial charge in [-0.15, -0.1) is 0 Å². The molecule has 0 aromatic heterocycles. The van der Waals surface area contributed by atoms with Crippen molar-refractivity contribution in [2.24, 2.45) is 0 Å². The zero-order valence-electron chi connectivity index (χ0n) is 6.80. The van der Waals surface area contributed by atoms with Gasteiger partial charge in [-0.25, -0.2) is 0 Å². The summed E-state index contributed by atoms with van der Waals surface area (Å²) in [5.74, 6) is 0. The highest BCUT2D eigenvalue weighted by atomic mass is 19.4. The van der Waals surface area contributed by atoms with Gasteiger partial charge in [-0.05, 0) is 12.1 Å². The van der Waals surface area contributed by atoms with E-state index in [1.165, 1.54) is 12.1 Å². The van der Waals surface area contributed by atoms with Crippen LogP contribution in [0.4, 0.5) is 13.2 Å². The number of nitriles is 1. The Bertz CT molecular complexity index is 403. The average molecular weight is 199 g/mol. The zero-order valence-corrected chi connectivity index (χ0v) is 6.80. The van der Waals surface area contributed by atoms with Gasteiger partial charge in [0.1, 0.15) is 6.29 Å². The first-order chi connectivity index (χ1) is 6.49. The van der Waals surface area contributed by atoms with Crippen molar-refractivity contribution in [1.29, 1.82) is 5.26 Å². The quantitative estimate of drug-likeness (QED) is 0.651. The van der Waals surface area contributed by atoms with E-state index in [9.17, 15) is 18.0 Å². The second-order valence-corrected chi connectivity index (χ2v) is 2.53. The predicted octanol–water partition coefficient (Wildman–Crippen LogP) is 2.39. The summed E-state index contributed by atoms with van der Waals surface area (Å²) in [4.78, 5) is 10.2. The SMILES string of the molecule is N#Cc1ccc(C=O)cc1C(F)(F)F. The van der Waals surface area contributed by atoms with Gasteiger partial charge in [-0.1, -0.05) is 6.07 Å². The number of halogens is 3. The van der Waals surface area contributed by atoms with Crippen LogP contribution in [0.5, 0.6) is 0 Å². The van der Waals surface area contributed by atoms with E-state index in [1.807, 2.05) is 0 Å². The molecule has 0 heterocycles. The first-order valence-corrected chi connectivity index (χ1v) is 3.55. The van der Waals surface area contributed by atoms with Crippen molar-refractivity contribution >= 4 is 6.29 Å². The van der Waals surface area contributed by atoms with Crippen LogP contribution in [-0.2, 0) is 6.18 Å². The molecule has 1 aromatic rings. The van der Waals surface area contributed by atoms with Gasteiger partial charge in [0.25, 0.3) is 0 Å². The van der Waals surface area contributed by atoms with Crippen molar-refractivity contribution in [3.63, 3.8) is 0 Å². The minimum atomic E-state index is -4.61. The minimum Gasteiger partial charge on any atom is -0.298 e. The van der Waals surface area contributed by atoms with Crippen LogP contribution in [0.2, 0.25) is 0 Å². The summed E-state index contributed by atoms with van der Waals surface area (Å²) < 4.78 is 36.9. The number of benzene rings is 1. The Morgan fingerprint density at radius 1 is 1.36 bits per heavy atom. The number of hydrogen-bond donors (Lipinski definition) is 0. The molecule has 0 unspecified atom stereocenters. The molecule has 14 heavy (non-hydrogen) atoms. The lowest BCUT2D eigenvalue weighted by Gasteiger charge is -2.08. The average Bonchev–Trinajstić information content (AvgIpc) is 2.15. The van der Waals surface area contributed by atoms with Gasteiger partial charge in [-0.2, -0.15) is 18.4 Å². The summed E-state index contributed by atoms with van der Waals surface area (Å²) >= 11 is 0. The lowest BCUT2D eigenvalue weighted by atomic mass is 10.1. The number of carbonyl (C=O) groups excluding carboxylic acids is 1. The van der Waals surface area contributed by atoms with E-state index in [0.29, 0.717) is 12.4 Å². The van der Waals surface area contributed by atoms with Gasteiger partial charge in [0.2, 0.25) is 0 Å². The Morgan fingerprint density at radius 3 is 2.43 bits per heavy atom. The minimum absolute atomic E-state index is 0.101. The summed E-state index contributed by atoms with van der Waals surface area (Å²) in [5.41, 5.74) is -1.66. The number of aldehydes is 1. The highest BCUT2D eigenvalue weighted by molar-refractivity contribution is 5.75. The van der Waals surface area contributed by atoms with Crippen molar-refractivity contribution in [1.82, 2.24) is 0 Å². The Labute approximate surface area is 77.6 Å². The van der Waals surface area contributed by atoms with Crippen LogP contribution in [0, 0.1) is 11.3 Å². The number of hydrogen-bond acceptors (Lipinski definition) is 2. The van der Waals surface area contributed by atoms with Crippen molar-refractivity contribution in [2.75, 3.05) is 0 Å². The highest BCUT2D eigenvalue weighted by Crippen LogP contribution is 2.32. The van der Waals surface area contributed by atoms with Crippen molar-refractivity contribution in [2.45, 2.75) is 6.18 Å². The molecular weight excluding hydrogens is 195 g/mol. The molecule has 0 fully saturated rings. The number of carbonyl (C=O) groups is 1. The van der Waals surface area contributed by atoms with Crippen LogP contribution in [0.15, 0.2) is 18.2 Å². The Balaban J connectivity index is 3.38. The normalized spacial score (nSPS) is 10.7. The largest absolute Gasteiger partial charge is 0.417 e. The molecule has 0 saturated carbocycles. The third kappa shape index (κ3) is 1.91. The first-order valence-electron chi connectivity index (χ1n) is 3.55. The van der Waals surface area contributed by atoms with Crippen LogP contribution in [-0.4, -0.2) is 6.29 Å². The molecule has 72 valence electrons. The summed E-state index contributed by atoms with van der Waals surface area (Å²) in [5, 5.41) is 8.41. The summed E-state index contributed by atoms with van der Waals surface area (Å²) in [6, 6.07) is 4.22. The van der Waals surface area contributed by atoms with Gasteiger partial charge in [0.05, 0.1) is 17.2 Å². The molecule has 0 radical (unpaired) electrons. The molecule has 0 spiro atoms. The molecule has 0 N–H and O–H groups in total. The van der Waals surface area contributed by atoms with Crippen molar-refractivity contribution in [3.8, 4) is 6.07 Å². The molecule has 0 saturated heterocycles. The fourth-order valence-corrected chi connectivity index (χ4v) is 0.967. The zero-order chi connectivity index (χ0) is 10.8. The second kappa shape index (κ2) is 3.50. The van der Waals surface area contributed by atoms with E-state index in [2.05, 4.69) is 0 Å². The maximum absolute atomic E-state index is 12.3. The summed E-state index contributed by atoms with van der Waals surface area (Å²) in [7, 11) is 0. The van der Waals surface area contributed by atoms with Crippen LogP contribution in [0.3, 0.4) is 0 Å². The standard InChI is InChI=1S/C9H4F3NO/c10-9(11,12)8-3-6(5-14)1-2-7(8)4-13/h1-3,5H. The topological polar surface area (TPSA) is 40.9 Å². The van der Waals surface area contributed by atoms with Crippen molar-refractivity contribution < 1.29 is 18.0 Å². The van der Waals surface area contributed by atoms with E-state index >= 15 is 0 Å². The van der Waals surface area contributed by atoms with Crippen LogP contribution >= 0.6 is 0 Å². The third-order valence-electron chi connectivity index (χ3n) is 1.61. The lowest BCUT2D eigenvalue weighted by Crippen LogP contribution is -2.08. The van der Waals surface area contributed by atoms with Gasteiger partial charge in [0.15, 0.2) is 0 Å². The number of nitrogens with zero attached hydrogens (tertiary/aromatic N) is 1. The van der Waals surface area contributed by atoms with Crippen LogP contribution < -0.4 is 0 Å². The summed E-state index contributed by atoms with van der Waals surface area (Å²) in [6.07, 6.45) is -4.31. The predicted molar refractivity (Wildman–Crippen MR) is 41.5 cm³/mol. The first kappa shape index (κ1) is 10.3. The molecule has 5 heteroatoms. The molecule has 0 atom stereocenters. The second-order valence-electron chi connectivity index (χ2n) is 2.53. The van der Waals surface area contributed by atoms with E-state index in [1.54, 1.807) is 0 Å². The Kier molecular flexibility index (Phi) is 2.56. The molecule has 0 aliphatic rings. The fraction of sp³-hybridized carbons (Fsp3) is 0.111. The van der Waals surface area contributed by atoms with Gasteiger partial charge < -0.3 is 0 Å². The van der Waals surface area contributed by atoms with E-state index in [0.717, 1.165) is 6.07 Å². The molecule has 1 rings (SSSR count). The van der Waals surface area contributed by atoms with Crippen LogP contribution in [0.1, 0.15) is 21.5 Å². The lowest BCUT2D eigenvalue weighted by molar-refractivity contribution is -0.137. The maximum atomic E-state index is 12.3.